The van der Waals surface area contributed by atoms with Gasteiger partial charge in [-0.25, -0.2) is 4.68 Å². The number of fused-ring (bicyclic) bond motifs is 1. The van der Waals surface area contributed by atoms with E-state index in [0.29, 0.717) is 18.7 Å². The van der Waals surface area contributed by atoms with Crippen LogP contribution in [0.4, 0.5) is 0 Å². The number of H-pyrrole nitrogens is 1. The van der Waals surface area contributed by atoms with E-state index in [2.05, 4.69) is 66.1 Å². The average molecular weight is 449 g/mol. The van der Waals surface area contributed by atoms with Crippen LogP contribution in [0.25, 0.3) is 10.9 Å². The largest absolute Gasteiger partial charge is 0.468 e. The summed E-state index contributed by atoms with van der Waals surface area (Å²) in [5.74, 6) is 1.60. The summed E-state index contributed by atoms with van der Waals surface area (Å²) in [7, 11) is 0. The third-order valence-corrected chi connectivity index (χ3v) is 5.96. The van der Waals surface area contributed by atoms with E-state index in [1.807, 2.05) is 35.9 Å². The molecule has 0 amide bonds. The molecule has 0 radical (unpaired) electrons. The standard InChI is InChI=1S/C25H32N6O2/c1-7-22(23-27-28-29-31(23)25(4,5)6)30(15-19-9-8-10-33-19)14-18-13-20-17(3)11-16(2)12-21(20)26-24(18)32/h8-13,22H,7,14-15H2,1-6H3,(H,26,32)/t22-/m1/s1. The molecule has 0 saturated carbocycles. The molecule has 4 aromatic rings. The summed E-state index contributed by atoms with van der Waals surface area (Å²) in [6.07, 6.45) is 2.45. The molecule has 174 valence electrons. The number of rotatable bonds is 7. The van der Waals surface area contributed by atoms with Gasteiger partial charge in [0.05, 0.1) is 24.4 Å². The van der Waals surface area contributed by atoms with Crippen LogP contribution in [-0.4, -0.2) is 30.1 Å². The van der Waals surface area contributed by atoms with E-state index in [0.717, 1.165) is 40.0 Å². The summed E-state index contributed by atoms with van der Waals surface area (Å²) in [4.78, 5) is 18.4. The molecule has 8 nitrogen and oxygen atoms in total. The predicted octanol–water partition coefficient (Wildman–Crippen LogP) is 4.63. The van der Waals surface area contributed by atoms with Crippen molar-refractivity contribution in [3.8, 4) is 0 Å². The zero-order chi connectivity index (χ0) is 23.8. The van der Waals surface area contributed by atoms with Crippen molar-refractivity contribution in [3.63, 3.8) is 0 Å². The van der Waals surface area contributed by atoms with Crippen LogP contribution in [0.5, 0.6) is 0 Å². The van der Waals surface area contributed by atoms with Crippen LogP contribution < -0.4 is 5.56 Å². The van der Waals surface area contributed by atoms with Gasteiger partial charge in [0, 0.05) is 23.0 Å². The highest BCUT2D eigenvalue weighted by molar-refractivity contribution is 5.83. The van der Waals surface area contributed by atoms with E-state index in [1.165, 1.54) is 0 Å². The van der Waals surface area contributed by atoms with Crippen LogP contribution in [0, 0.1) is 13.8 Å². The van der Waals surface area contributed by atoms with Crippen molar-refractivity contribution in [2.75, 3.05) is 0 Å². The predicted molar refractivity (Wildman–Crippen MR) is 128 cm³/mol. The summed E-state index contributed by atoms with van der Waals surface area (Å²) < 4.78 is 7.53. The molecule has 0 spiro atoms. The number of furan rings is 1. The first-order valence-corrected chi connectivity index (χ1v) is 11.4. The first-order valence-electron chi connectivity index (χ1n) is 11.4. The summed E-state index contributed by atoms with van der Waals surface area (Å²) in [6.45, 7) is 13.4. The minimum absolute atomic E-state index is 0.0813. The quantitative estimate of drug-likeness (QED) is 0.443. The third-order valence-electron chi connectivity index (χ3n) is 5.96. The van der Waals surface area contributed by atoms with Crippen molar-refractivity contribution >= 4 is 10.9 Å². The molecule has 33 heavy (non-hydrogen) atoms. The molecule has 0 aliphatic heterocycles. The topological polar surface area (TPSA) is 92.8 Å². The van der Waals surface area contributed by atoms with Crippen LogP contribution in [0.3, 0.4) is 0 Å². The summed E-state index contributed by atoms with van der Waals surface area (Å²) in [6, 6.07) is 9.89. The number of nitrogens with zero attached hydrogens (tertiary/aromatic N) is 5. The highest BCUT2D eigenvalue weighted by atomic mass is 16.3. The Morgan fingerprint density at radius 2 is 1.97 bits per heavy atom. The Morgan fingerprint density at radius 1 is 1.18 bits per heavy atom. The van der Waals surface area contributed by atoms with Crippen molar-refractivity contribution in [3.05, 3.63) is 75.2 Å². The number of tetrazole rings is 1. The number of pyridine rings is 1. The molecule has 0 unspecified atom stereocenters. The van der Waals surface area contributed by atoms with Gasteiger partial charge in [-0.2, -0.15) is 0 Å². The molecule has 0 aliphatic carbocycles. The van der Waals surface area contributed by atoms with Crippen molar-refractivity contribution in [2.45, 2.75) is 72.6 Å². The third kappa shape index (κ3) is 4.75. The van der Waals surface area contributed by atoms with Crippen molar-refractivity contribution in [2.24, 2.45) is 0 Å². The van der Waals surface area contributed by atoms with E-state index < -0.39 is 0 Å². The maximum Gasteiger partial charge on any atom is 0.252 e. The Kier molecular flexibility index (Phi) is 6.21. The van der Waals surface area contributed by atoms with Crippen LogP contribution >= 0.6 is 0 Å². The molecule has 0 aliphatic rings. The molecule has 1 atom stereocenters. The Balaban J connectivity index is 1.78. The second kappa shape index (κ2) is 8.94. The first kappa shape index (κ1) is 22.9. The van der Waals surface area contributed by atoms with Gasteiger partial charge in [-0.15, -0.1) is 5.10 Å². The fourth-order valence-electron chi connectivity index (χ4n) is 4.42. The Bertz CT molecular complexity index is 1300. The molecule has 4 rings (SSSR count). The molecule has 0 fully saturated rings. The van der Waals surface area contributed by atoms with Crippen LogP contribution in [0.2, 0.25) is 0 Å². The number of aryl methyl sites for hydroxylation is 2. The van der Waals surface area contributed by atoms with Gasteiger partial charge in [0.25, 0.3) is 5.56 Å². The van der Waals surface area contributed by atoms with E-state index in [9.17, 15) is 4.79 Å². The van der Waals surface area contributed by atoms with Crippen LogP contribution in [0.15, 0.2) is 45.8 Å². The molecule has 0 bridgehead atoms. The number of nitrogens with one attached hydrogen (secondary N) is 1. The normalized spacial score (nSPS) is 13.2. The Morgan fingerprint density at radius 3 is 2.64 bits per heavy atom. The number of hydrogen-bond acceptors (Lipinski definition) is 6. The highest BCUT2D eigenvalue weighted by Gasteiger charge is 2.30. The molecular formula is C25H32N6O2. The van der Waals surface area contributed by atoms with Gasteiger partial charge >= 0.3 is 0 Å². The lowest BCUT2D eigenvalue weighted by atomic mass is 10.0. The molecule has 8 heteroatoms. The van der Waals surface area contributed by atoms with E-state index in [-0.39, 0.29) is 17.1 Å². The second-order valence-corrected chi connectivity index (χ2v) is 9.69. The van der Waals surface area contributed by atoms with Crippen molar-refractivity contribution in [1.82, 2.24) is 30.1 Å². The van der Waals surface area contributed by atoms with E-state index in [1.54, 1.807) is 6.26 Å². The van der Waals surface area contributed by atoms with Gasteiger partial charge in [0.2, 0.25) is 0 Å². The van der Waals surface area contributed by atoms with Crippen LogP contribution in [-0.2, 0) is 18.6 Å². The molecule has 3 heterocycles. The second-order valence-electron chi connectivity index (χ2n) is 9.69. The average Bonchev–Trinajstić information content (AvgIpc) is 3.41. The molecular weight excluding hydrogens is 416 g/mol. The first-order chi connectivity index (χ1) is 15.7. The van der Waals surface area contributed by atoms with Crippen molar-refractivity contribution in [1.29, 1.82) is 0 Å². The number of aromatic amines is 1. The number of benzene rings is 1. The van der Waals surface area contributed by atoms with Gasteiger partial charge in [-0.3, -0.25) is 9.69 Å². The summed E-state index contributed by atoms with van der Waals surface area (Å²) >= 11 is 0. The molecule has 1 N–H and O–H groups in total. The molecule has 1 aromatic carbocycles. The molecule has 0 saturated heterocycles. The Hall–Kier alpha value is -3.26. The zero-order valence-corrected chi connectivity index (χ0v) is 20.2. The van der Waals surface area contributed by atoms with Gasteiger partial charge in [-0.05, 0) is 86.9 Å². The van der Waals surface area contributed by atoms with Gasteiger partial charge in [-0.1, -0.05) is 13.0 Å². The monoisotopic (exact) mass is 448 g/mol. The lowest BCUT2D eigenvalue weighted by molar-refractivity contribution is 0.142. The fraction of sp³-hybridized carbons (Fsp3) is 0.440. The molecule has 3 aromatic heterocycles. The smallest absolute Gasteiger partial charge is 0.252 e. The number of hydrogen-bond donors (Lipinski definition) is 1. The van der Waals surface area contributed by atoms with Gasteiger partial charge in [0.1, 0.15) is 5.76 Å². The maximum atomic E-state index is 13.1. The zero-order valence-electron chi connectivity index (χ0n) is 20.2. The maximum absolute atomic E-state index is 13.1. The van der Waals surface area contributed by atoms with E-state index in [4.69, 9.17) is 4.42 Å². The van der Waals surface area contributed by atoms with Gasteiger partial charge < -0.3 is 9.40 Å². The van der Waals surface area contributed by atoms with E-state index >= 15 is 0 Å². The SMILES string of the molecule is CC[C@H](c1nnnn1C(C)(C)C)N(Cc1ccco1)Cc1cc2c(C)cc(C)cc2[nH]c1=O. The van der Waals surface area contributed by atoms with Crippen molar-refractivity contribution < 1.29 is 4.42 Å². The summed E-state index contributed by atoms with van der Waals surface area (Å²) in [5.41, 5.74) is 3.49. The number of aromatic nitrogens is 5. The van der Waals surface area contributed by atoms with Gasteiger partial charge in [0.15, 0.2) is 5.82 Å². The minimum atomic E-state index is -0.266. The Labute approximate surface area is 193 Å². The lowest BCUT2D eigenvalue weighted by Gasteiger charge is -2.31. The lowest BCUT2D eigenvalue weighted by Crippen LogP contribution is -2.35. The van der Waals surface area contributed by atoms with Crippen LogP contribution in [0.1, 0.15) is 68.4 Å². The highest BCUT2D eigenvalue weighted by Crippen LogP contribution is 2.29. The fourth-order valence-corrected chi connectivity index (χ4v) is 4.42. The minimum Gasteiger partial charge on any atom is -0.468 e. The summed E-state index contributed by atoms with van der Waals surface area (Å²) in [5, 5.41) is 13.7.